The Morgan fingerprint density at radius 3 is 1.96 bits per heavy atom. The molecule has 0 aliphatic heterocycles. The predicted molar refractivity (Wildman–Crippen MR) is 93.7 cm³/mol. The quantitative estimate of drug-likeness (QED) is 0.870. The van der Waals surface area contributed by atoms with Crippen LogP contribution in [0.15, 0.2) is 48.5 Å². The molecule has 0 radical (unpaired) electrons. The average Bonchev–Trinajstić information content (AvgIpc) is 3.49. The van der Waals surface area contributed by atoms with E-state index >= 15 is 0 Å². The van der Waals surface area contributed by atoms with Gasteiger partial charge in [0.15, 0.2) is 0 Å². The topological polar surface area (TPSA) is 58.2 Å². The molecule has 2 aromatic carbocycles. The van der Waals surface area contributed by atoms with Crippen LogP contribution in [0.1, 0.15) is 31.2 Å². The SMILES string of the molecule is O=C(Nc1ccc(NC(=O)C2(c3ccc(F)cc3)CC2)cc1)C1CC1. The Balaban J connectivity index is 1.42. The third-order valence-corrected chi connectivity index (χ3v) is 4.94. The molecule has 0 heterocycles. The second-order valence-corrected chi connectivity index (χ2v) is 6.88. The molecular formula is C20H19FN2O2. The normalized spacial score (nSPS) is 17.6. The van der Waals surface area contributed by atoms with E-state index in [9.17, 15) is 14.0 Å². The predicted octanol–water partition coefficient (Wildman–Crippen LogP) is 3.84. The molecule has 2 aliphatic carbocycles. The summed E-state index contributed by atoms with van der Waals surface area (Å²) >= 11 is 0. The second-order valence-electron chi connectivity index (χ2n) is 6.88. The highest BCUT2D eigenvalue weighted by atomic mass is 19.1. The Labute approximate surface area is 145 Å². The van der Waals surface area contributed by atoms with Gasteiger partial charge in [-0.1, -0.05) is 12.1 Å². The fourth-order valence-electron chi connectivity index (χ4n) is 3.02. The summed E-state index contributed by atoms with van der Waals surface area (Å²) in [4.78, 5) is 24.4. The minimum atomic E-state index is -0.549. The van der Waals surface area contributed by atoms with E-state index in [0.717, 1.165) is 36.9 Å². The van der Waals surface area contributed by atoms with Gasteiger partial charge in [0.2, 0.25) is 11.8 Å². The lowest BCUT2D eigenvalue weighted by Crippen LogP contribution is -2.27. The van der Waals surface area contributed by atoms with Crippen molar-refractivity contribution < 1.29 is 14.0 Å². The van der Waals surface area contributed by atoms with E-state index in [1.165, 1.54) is 12.1 Å². The van der Waals surface area contributed by atoms with Gasteiger partial charge in [0, 0.05) is 17.3 Å². The van der Waals surface area contributed by atoms with Gasteiger partial charge in [0.25, 0.3) is 0 Å². The molecule has 2 N–H and O–H groups in total. The fraction of sp³-hybridized carbons (Fsp3) is 0.300. The van der Waals surface area contributed by atoms with E-state index in [1.54, 1.807) is 36.4 Å². The maximum absolute atomic E-state index is 13.1. The van der Waals surface area contributed by atoms with Gasteiger partial charge in [0.1, 0.15) is 5.82 Å². The van der Waals surface area contributed by atoms with Gasteiger partial charge in [-0.3, -0.25) is 9.59 Å². The first-order valence-electron chi connectivity index (χ1n) is 8.55. The maximum atomic E-state index is 13.1. The number of halogens is 1. The Hall–Kier alpha value is -2.69. The zero-order chi connectivity index (χ0) is 17.4. The van der Waals surface area contributed by atoms with Crippen molar-refractivity contribution in [3.05, 3.63) is 59.9 Å². The first kappa shape index (κ1) is 15.8. The smallest absolute Gasteiger partial charge is 0.235 e. The number of carbonyl (C=O) groups excluding carboxylic acids is 2. The molecule has 0 unspecified atom stereocenters. The number of amides is 2. The van der Waals surface area contributed by atoms with Gasteiger partial charge >= 0.3 is 0 Å². The highest BCUT2D eigenvalue weighted by Gasteiger charge is 2.51. The Morgan fingerprint density at radius 1 is 0.880 bits per heavy atom. The number of benzene rings is 2. The third kappa shape index (κ3) is 3.27. The Bertz CT molecular complexity index is 807. The Kier molecular flexibility index (Phi) is 3.79. The maximum Gasteiger partial charge on any atom is 0.235 e. The van der Waals surface area contributed by atoms with Crippen molar-refractivity contribution in [1.29, 1.82) is 0 Å². The van der Waals surface area contributed by atoms with E-state index in [2.05, 4.69) is 10.6 Å². The summed E-state index contributed by atoms with van der Waals surface area (Å²) < 4.78 is 13.1. The molecule has 2 amide bonds. The van der Waals surface area contributed by atoms with Gasteiger partial charge in [-0.25, -0.2) is 4.39 Å². The number of hydrogen-bond donors (Lipinski definition) is 2. The van der Waals surface area contributed by atoms with Crippen LogP contribution in [0.2, 0.25) is 0 Å². The van der Waals surface area contributed by atoms with Crippen LogP contribution < -0.4 is 10.6 Å². The van der Waals surface area contributed by atoms with Gasteiger partial charge in [-0.15, -0.1) is 0 Å². The van der Waals surface area contributed by atoms with Crippen LogP contribution in [0.5, 0.6) is 0 Å². The van der Waals surface area contributed by atoms with Gasteiger partial charge in [-0.05, 0) is 67.6 Å². The van der Waals surface area contributed by atoms with Crippen molar-refractivity contribution >= 4 is 23.2 Å². The highest BCUT2D eigenvalue weighted by Crippen LogP contribution is 2.49. The van der Waals surface area contributed by atoms with Crippen molar-refractivity contribution in [2.24, 2.45) is 5.92 Å². The molecule has 5 heteroatoms. The van der Waals surface area contributed by atoms with Crippen molar-refractivity contribution in [1.82, 2.24) is 0 Å². The highest BCUT2D eigenvalue weighted by molar-refractivity contribution is 6.01. The zero-order valence-corrected chi connectivity index (χ0v) is 13.7. The summed E-state index contributed by atoms with van der Waals surface area (Å²) in [5.41, 5.74) is 1.71. The van der Waals surface area contributed by atoms with Crippen LogP contribution in [-0.2, 0) is 15.0 Å². The molecular weight excluding hydrogens is 319 g/mol. The minimum Gasteiger partial charge on any atom is -0.326 e. The summed E-state index contributed by atoms with van der Waals surface area (Å²) in [6.45, 7) is 0. The molecule has 0 saturated heterocycles. The van der Waals surface area contributed by atoms with Gasteiger partial charge in [-0.2, -0.15) is 0 Å². The number of hydrogen-bond acceptors (Lipinski definition) is 2. The summed E-state index contributed by atoms with van der Waals surface area (Å²) in [7, 11) is 0. The second kappa shape index (κ2) is 5.99. The van der Waals surface area contributed by atoms with Crippen LogP contribution in [0.3, 0.4) is 0 Å². The molecule has 2 aromatic rings. The van der Waals surface area contributed by atoms with E-state index in [-0.39, 0.29) is 23.5 Å². The van der Waals surface area contributed by atoms with Crippen molar-refractivity contribution in [3.63, 3.8) is 0 Å². The van der Waals surface area contributed by atoms with Crippen LogP contribution in [0, 0.1) is 11.7 Å². The summed E-state index contributed by atoms with van der Waals surface area (Å²) in [5.74, 6) is -0.160. The van der Waals surface area contributed by atoms with Crippen LogP contribution >= 0.6 is 0 Å². The summed E-state index contributed by atoms with van der Waals surface area (Å²) in [6, 6.07) is 13.3. The lowest BCUT2D eigenvalue weighted by atomic mass is 9.95. The number of rotatable bonds is 5. The lowest BCUT2D eigenvalue weighted by Gasteiger charge is -2.16. The van der Waals surface area contributed by atoms with E-state index < -0.39 is 5.41 Å². The van der Waals surface area contributed by atoms with Crippen LogP contribution in [-0.4, -0.2) is 11.8 Å². The first-order valence-corrected chi connectivity index (χ1v) is 8.55. The molecule has 2 fully saturated rings. The molecule has 0 spiro atoms. The lowest BCUT2D eigenvalue weighted by molar-refractivity contribution is -0.118. The third-order valence-electron chi connectivity index (χ3n) is 4.94. The molecule has 25 heavy (non-hydrogen) atoms. The molecule has 0 atom stereocenters. The Morgan fingerprint density at radius 2 is 1.44 bits per heavy atom. The standard InChI is InChI=1S/C20H19FN2O2/c21-15-5-3-14(4-6-15)20(11-12-20)19(25)23-17-9-7-16(8-10-17)22-18(24)13-1-2-13/h3-10,13H,1-2,11-12H2,(H,22,24)(H,23,25). The summed E-state index contributed by atoms with van der Waals surface area (Å²) in [5, 5.41) is 5.80. The molecule has 4 nitrogen and oxygen atoms in total. The number of carbonyl (C=O) groups is 2. The van der Waals surface area contributed by atoms with Gasteiger partial charge < -0.3 is 10.6 Å². The minimum absolute atomic E-state index is 0.0602. The molecule has 2 saturated carbocycles. The van der Waals surface area contributed by atoms with E-state index in [4.69, 9.17) is 0 Å². The van der Waals surface area contributed by atoms with Crippen molar-refractivity contribution in [2.75, 3.05) is 10.6 Å². The van der Waals surface area contributed by atoms with Crippen molar-refractivity contribution in [2.45, 2.75) is 31.1 Å². The summed E-state index contributed by atoms with van der Waals surface area (Å²) in [6.07, 6.45) is 3.46. The van der Waals surface area contributed by atoms with Gasteiger partial charge in [0.05, 0.1) is 5.41 Å². The monoisotopic (exact) mass is 338 g/mol. The van der Waals surface area contributed by atoms with E-state index in [1.807, 2.05) is 0 Å². The number of anilines is 2. The van der Waals surface area contributed by atoms with Crippen molar-refractivity contribution in [3.8, 4) is 0 Å². The number of nitrogens with one attached hydrogen (secondary N) is 2. The zero-order valence-electron chi connectivity index (χ0n) is 13.7. The fourth-order valence-corrected chi connectivity index (χ4v) is 3.02. The van der Waals surface area contributed by atoms with Crippen LogP contribution in [0.4, 0.5) is 15.8 Å². The molecule has 0 aromatic heterocycles. The largest absolute Gasteiger partial charge is 0.326 e. The molecule has 2 aliphatic rings. The molecule has 4 rings (SSSR count). The average molecular weight is 338 g/mol. The van der Waals surface area contributed by atoms with E-state index in [0.29, 0.717) is 5.69 Å². The molecule has 128 valence electrons. The van der Waals surface area contributed by atoms with Crippen LogP contribution in [0.25, 0.3) is 0 Å². The first-order chi connectivity index (χ1) is 12.1. The molecule has 0 bridgehead atoms.